The van der Waals surface area contributed by atoms with E-state index in [0.717, 1.165) is 37.3 Å². The summed E-state index contributed by atoms with van der Waals surface area (Å²) in [5.74, 6) is -1.65. The normalized spacial score (nSPS) is 27.8. The lowest BCUT2D eigenvalue weighted by Gasteiger charge is -2.59. The zero-order valence-corrected chi connectivity index (χ0v) is 24.3. The first-order valence-corrected chi connectivity index (χ1v) is 14.1. The number of benzene rings is 1. The van der Waals surface area contributed by atoms with Crippen LogP contribution in [0.1, 0.15) is 64.5 Å². The average molecular weight is 589 g/mol. The smallest absolute Gasteiger partial charge is 0.493 e. The van der Waals surface area contributed by atoms with Crippen molar-refractivity contribution in [3.8, 4) is 11.5 Å². The second-order valence-electron chi connectivity index (χ2n) is 11.6. The molecule has 1 aliphatic heterocycles. The fraction of sp³-hybridized carbons (Fsp3) is 0.600. The lowest BCUT2D eigenvalue weighted by molar-refractivity contribution is -0.195. The molecule has 6 atom stereocenters. The first-order valence-electron chi connectivity index (χ1n) is 14.1. The van der Waals surface area contributed by atoms with Gasteiger partial charge in [0.25, 0.3) is 0 Å². The van der Waals surface area contributed by atoms with Crippen molar-refractivity contribution in [2.45, 2.75) is 89.3 Å². The van der Waals surface area contributed by atoms with Gasteiger partial charge < -0.3 is 38.3 Å². The molecule has 1 aromatic rings. The molecule has 1 N–H and O–H groups in total. The van der Waals surface area contributed by atoms with Crippen molar-refractivity contribution in [2.24, 2.45) is 11.8 Å². The summed E-state index contributed by atoms with van der Waals surface area (Å²) in [7, 11) is 1.55. The molecule has 0 radical (unpaired) electrons. The van der Waals surface area contributed by atoms with Gasteiger partial charge in [0.05, 0.1) is 24.7 Å². The zero-order valence-electron chi connectivity index (χ0n) is 24.3. The molecule has 12 heteroatoms. The Kier molecular flexibility index (Phi) is 7.86. The molecule has 0 saturated heterocycles. The summed E-state index contributed by atoms with van der Waals surface area (Å²) in [6.07, 6.45) is -0.692. The highest BCUT2D eigenvalue weighted by atomic mass is 16.8. The Hall–Kier alpha value is -3.80. The molecule has 228 valence electrons. The summed E-state index contributed by atoms with van der Waals surface area (Å²) in [6, 6.07) is 3.86. The summed E-state index contributed by atoms with van der Waals surface area (Å²) in [6.45, 7) is 5.89. The number of hydrogen-bond donors (Lipinski definition) is 1. The lowest BCUT2D eigenvalue weighted by atomic mass is 9.47. The molecule has 0 aromatic heterocycles. The summed E-state index contributed by atoms with van der Waals surface area (Å²) < 4.78 is 37.3. The minimum atomic E-state index is -2.00. The highest BCUT2D eigenvalue weighted by Gasteiger charge is 2.71. The van der Waals surface area contributed by atoms with Crippen LogP contribution in [0.15, 0.2) is 24.0 Å². The third kappa shape index (κ3) is 4.85. The van der Waals surface area contributed by atoms with Crippen molar-refractivity contribution in [3.63, 3.8) is 0 Å². The third-order valence-corrected chi connectivity index (χ3v) is 8.52. The van der Waals surface area contributed by atoms with Gasteiger partial charge >= 0.3 is 30.4 Å². The number of esters is 3. The molecule has 0 amide bonds. The fourth-order valence-electron chi connectivity index (χ4n) is 6.78. The van der Waals surface area contributed by atoms with Gasteiger partial charge in [-0.25, -0.2) is 14.4 Å². The van der Waals surface area contributed by atoms with E-state index >= 15 is 0 Å². The van der Waals surface area contributed by atoms with Crippen LogP contribution in [0.4, 0.5) is 4.79 Å². The topological polar surface area (TPSA) is 153 Å². The Morgan fingerprint density at radius 2 is 1.86 bits per heavy atom. The van der Waals surface area contributed by atoms with Crippen molar-refractivity contribution in [1.82, 2.24) is 0 Å². The van der Waals surface area contributed by atoms with E-state index in [-0.39, 0.29) is 30.6 Å². The van der Waals surface area contributed by atoms with Crippen molar-refractivity contribution >= 4 is 24.1 Å². The van der Waals surface area contributed by atoms with Gasteiger partial charge in [0.1, 0.15) is 5.76 Å². The first-order chi connectivity index (χ1) is 19.9. The Bertz CT molecular complexity index is 1320. The van der Waals surface area contributed by atoms with Crippen molar-refractivity contribution in [3.05, 3.63) is 35.1 Å². The van der Waals surface area contributed by atoms with Gasteiger partial charge in [-0.1, -0.05) is 26.3 Å². The predicted molar refractivity (Wildman–Crippen MR) is 142 cm³/mol. The summed E-state index contributed by atoms with van der Waals surface area (Å²) in [5.41, 5.74) is 0.0803. The Morgan fingerprint density at radius 1 is 1.10 bits per heavy atom. The summed E-state index contributed by atoms with van der Waals surface area (Å²) >= 11 is 0. The van der Waals surface area contributed by atoms with Crippen LogP contribution in [0.25, 0.3) is 0 Å². The van der Waals surface area contributed by atoms with Gasteiger partial charge in [0.15, 0.2) is 23.7 Å². The van der Waals surface area contributed by atoms with Gasteiger partial charge in [-0.05, 0) is 62.1 Å². The van der Waals surface area contributed by atoms with E-state index in [0.29, 0.717) is 17.9 Å². The SMILES string of the molecule is COc1ccc2c3c1O[C@H]1C(OC(=O)[C@H](C)OC(=O)O[C@H](OC(C)=O)C(=O)OCC(C)C)=CC[C@@]4(O)[C@H](CCC[C@]314)C2. The Morgan fingerprint density at radius 3 is 2.55 bits per heavy atom. The third-order valence-electron chi connectivity index (χ3n) is 8.52. The second kappa shape index (κ2) is 11.1. The molecule has 12 nitrogen and oxygen atoms in total. The van der Waals surface area contributed by atoms with Crippen LogP contribution in [-0.4, -0.2) is 67.0 Å². The maximum absolute atomic E-state index is 13.1. The van der Waals surface area contributed by atoms with E-state index in [2.05, 4.69) is 0 Å². The molecular formula is C30H36O12. The van der Waals surface area contributed by atoms with Gasteiger partial charge in [-0.2, -0.15) is 0 Å². The fourth-order valence-corrected chi connectivity index (χ4v) is 6.78. The Balaban J connectivity index is 1.31. The molecule has 0 unspecified atom stereocenters. The first kappa shape index (κ1) is 29.7. The van der Waals surface area contributed by atoms with E-state index in [9.17, 15) is 24.3 Å². The maximum Gasteiger partial charge on any atom is 0.512 e. The van der Waals surface area contributed by atoms with Crippen LogP contribution in [0.3, 0.4) is 0 Å². The number of rotatable bonds is 9. The summed E-state index contributed by atoms with van der Waals surface area (Å²) in [5, 5.41) is 12.1. The Labute approximate surface area is 243 Å². The highest BCUT2D eigenvalue weighted by molar-refractivity contribution is 5.81. The minimum absolute atomic E-state index is 0.00465. The quantitative estimate of drug-likeness (QED) is 0.256. The van der Waals surface area contributed by atoms with Crippen LogP contribution < -0.4 is 9.47 Å². The largest absolute Gasteiger partial charge is 0.512 e. The van der Waals surface area contributed by atoms with E-state index in [1.54, 1.807) is 27.0 Å². The number of ether oxygens (including phenoxy) is 7. The monoisotopic (exact) mass is 588 g/mol. The molecule has 4 aliphatic rings. The van der Waals surface area contributed by atoms with E-state index in [4.69, 9.17) is 33.2 Å². The number of carbonyl (C=O) groups is 4. The number of carbonyl (C=O) groups excluding carboxylic acids is 4. The molecule has 1 spiro atoms. The van der Waals surface area contributed by atoms with Gasteiger partial charge in [-0.15, -0.1) is 0 Å². The van der Waals surface area contributed by atoms with Crippen molar-refractivity contribution in [1.29, 1.82) is 0 Å². The highest BCUT2D eigenvalue weighted by Crippen LogP contribution is 2.67. The van der Waals surface area contributed by atoms with Crippen LogP contribution in [0.5, 0.6) is 11.5 Å². The molecule has 3 aliphatic carbocycles. The predicted octanol–water partition coefficient (Wildman–Crippen LogP) is 3.24. The molecule has 1 saturated carbocycles. The lowest BCUT2D eigenvalue weighted by Crippen LogP contribution is -2.67. The maximum atomic E-state index is 13.1. The van der Waals surface area contributed by atoms with Crippen LogP contribution >= 0.6 is 0 Å². The molecule has 1 fully saturated rings. The molecule has 1 heterocycles. The van der Waals surface area contributed by atoms with Crippen molar-refractivity contribution in [2.75, 3.05) is 13.7 Å². The number of aliphatic hydroxyl groups is 1. The van der Waals surface area contributed by atoms with E-state index < -0.39 is 53.6 Å². The summed E-state index contributed by atoms with van der Waals surface area (Å²) in [4.78, 5) is 49.2. The standard InChI is InChI=1S/C30H36O12/c1-15(2)14-37-26(33)27(39-17(4)31)42-28(34)38-16(3)25(32)40-21-10-12-30(35)19-7-6-11-29(30)22-18(13-19)8-9-20(36-5)23(22)41-24(21)29/h8-10,15-16,19,24,27,35H,6-7,11-14H2,1-5H3/t16-,19+,24-,27-,29-,30+/m0/s1. The van der Waals surface area contributed by atoms with E-state index in [1.807, 2.05) is 12.1 Å². The molecule has 42 heavy (non-hydrogen) atoms. The van der Waals surface area contributed by atoms with Crippen LogP contribution in [-0.2, 0) is 49.9 Å². The number of hydrogen-bond acceptors (Lipinski definition) is 12. The molecule has 5 rings (SSSR count). The van der Waals surface area contributed by atoms with Gasteiger partial charge in [0, 0.05) is 12.5 Å². The van der Waals surface area contributed by atoms with E-state index in [1.165, 1.54) is 6.92 Å². The molecule has 1 aromatic carbocycles. The molecule has 2 bridgehead atoms. The average Bonchev–Trinajstić information content (AvgIpc) is 3.27. The van der Waals surface area contributed by atoms with Crippen molar-refractivity contribution < 1.29 is 57.4 Å². The van der Waals surface area contributed by atoms with Crippen LogP contribution in [0.2, 0.25) is 0 Å². The number of methoxy groups -OCH3 is 1. The van der Waals surface area contributed by atoms with Crippen LogP contribution in [0, 0.1) is 11.8 Å². The second-order valence-corrected chi connectivity index (χ2v) is 11.6. The zero-order chi connectivity index (χ0) is 30.4. The minimum Gasteiger partial charge on any atom is -0.493 e. The molecular weight excluding hydrogens is 552 g/mol. The van der Waals surface area contributed by atoms with Gasteiger partial charge in [-0.3, -0.25) is 4.79 Å². The van der Waals surface area contributed by atoms with Gasteiger partial charge in [0.2, 0.25) is 0 Å².